The summed E-state index contributed by atoms with van der Waals surface area (Å²) >= 11 is 0. The Kier molecular flexibility index (Phi) is 5.35. The lowest BCUT2D eigenvalue weighted by Crippen LogP contribution is -2.01. The molecule has 0 fully saturated rings. The van der Waals surface area contributed by atoms with Crippen molar-refractivity contribution < 1.29 is 19.2 Å². The Hall–Kier alpha value is -2.55. The lowest BCUT2D eigenvalue weighted by molar-refractivity contribution is -0.384. The average molecular weight is 263 g/mol. The monoisotopic (exact) mass is 263 g/mol. The summed E-state index contributed by atoms with van der Waals surface area (Å²) in [4.78, 5) is 21.2. The average Bonchev–Trinajstić information content (AvgIpc) is 2.39. The Morgan fingerprint density at radius 1 is 1.47 bits per heavy atom. The van der Waals surface area contributed by atoms with Gasteiger partial charge in [-0.2, -0.15) is 0 Å². The van der Waals surface area contributed by atoms with Crippen molar-refractivity contribution in [1.82, 2.24) is 0 Å². The molecule has 0 aromatic heterocycles. The van der Waals surface area contributed by atoms with Crippen LogP contribution in [0.2, 0.25) is 0 Å². The van der Waals surface area contributed by atoms with E-state index in [1.165, 1.54) is 25.3 Å². The molecule has 0 aliphatic rings. The van der Waals surface area contributed by atoms with Crippen LogP contribution in [0.1, 0.15) is 18.9 Å². The van der Waals surface area contributed by atoms with Crippen molar-refractivity contribution in [3.63, 3.8) is 0 Å². The van der Waals surface area contributed by atoms with E-state index in [0.29, 0.717) is 17.9 Å². The van der Waals surface area contributed by atoms with Crippen LogP contribution in [0, 0.1) is 22.0 Å². The van der Waals surface area contributed by atoms with Gasteiger partial charge < -0.3 is 9.47 Å². The largest absolute Gasteiger partial charge is 0.495 e. The van der Waals surface area contributed by atoms with Gasteiger partial charge in [-0.05, 0) is 13.0 Å². The van der Waals surface area contributed by atoms with Gasteiger partial charge in [-0.3, -0.25) is 14.9 Å². The molecule has 0 bridgehead atoms. The molecule has 0 radical (unpaired) electrons. The highest BCUT2D eigenvalue weighted by Gasteiger charge is 2.09. The summed E-state index contributed by atoms with van der Waals surface area (Å²) in [5.74, 6) is 5.25. The second-order valence-electron chi connectivity index (χ2n) is 3.43. The SMILES string of the molecule is CCOC(=O)CC#Cc1ccc([N+](=O)[O-])cc1OC. The van der Waals surface area contributed by atoms with Crippen LogP contribution in [0.3, 0.4) is 0 Å². The molecule has 0 saturated heterocycles. The molecule has 0 aliphatic heterocycles. The van der Waals surface area contributed by atoms with Gasteiger partial charge in [0.15, 0.2) is 0 Å². The first kappa shape index (κ1) is 14.5. The molecule has 6 nitrogen and oxygen atoms in total. The van der Waals surface area contributed by atoms with Crippen molar-refractivity contribution in [2.45, 2.75) is 13.3 Å². The number of methoxy groups -OCH3 is 1. The molecule has 0 amide bonds. The lowest BCUT2D eigenvalue weighted by atomic mass is 10.2. The van der Waals surface area contributed by atoms with Gasteiger partial charge >= 0.3 is 5.97 Å². The van der Waals surface area contributed by atoms with Crippen molar-refractivity contribution in [2.24, 2.45) is 0 Å². The summed E-state index contributed by atoms with van der Waals surface area (Å²) in [6.45, 7) is 2.02. The highest BCUT2D eigenvalue weighted by atomic mass is 16.6. The van der Waals surface area contributed by atoms with Gasteiger partial charge in [0.1, 0.15) is 12.2 Å². The third kappa shape index (κ3) is 4.32. The number of hydrogen-bond acceptors (Lipinski definition) is 5. The molecule has 0 saturated carbocycles. The number of nitro groups is 1. The van der Waals surface area contributed by atoms with E-state index in [4.69, 9.17) is 9.47 Å². The second kappa shape index (κ2) is 7.01. The zero-order chi connectivity index (χ0) is 14.3. The van der Waals surface area contributed by atoms with Gasteiger partial charge in [-0.25, -0.2) is 0 Å². The molecule has 100 valence electrons. The van der Waals surface area contributed by atoms with Crippen LogP contribution in [0.5, 0.6) is 5.75 Å². The first-order valence-corrected chi connectivity index (χ1v) is 5.55. The van der Waals surface area contributed by atoms with Crippen LogP contribution in [0.25, 0.3) is 0 Å². The van der Waals surface area contributed by atoms with E-state index >= 15 is 0 Å². The number of rotatable bonds is 4. The Labute approximate surface area is 110 Å². The number of nitro benzene ring substituents is 1. The number of non-ortho nitro benzene ring substituents is 1. The van der Waals surface area contributed by atoms with Gasteiger partial charge in [0, 0.05) is 6.07 Å². The maximum atomic E-state index is 11.1. The Balaban J connectivity index is 2.87. The minimum atomic E-state index is -0.516. The molecule has 0 heterocycles. The van der Waals surface area contributed by atoms with E-state index in [1.54, 1.807) is 6.92 Å². The maximum absolute atomic E-state index is 11.1. The second-order valence-corrected chi connectivity index (χ2v) is 3.43. The molecule has 0 unspecified atom stereocenters. The van der Waals surface area contributed by atoms with Crippen molar-refractivity contribution in [3.8, 4) is 17.6 Å². The van der Waals surface area contributed by atoms with Crippen molar-refractivity contribution in [3.05, 3.63) is 33.9 Å². The Morgan fingerprint density at radius 3 is 2.79 bits per heavy atom. The van der Waals surface area contributed by atoms with Crippen LogP contribution in [-0.2, 0) is 9.53 Å². The number of carbonyl (C=O) groups is 1. The highest BCUT2D eigenvalue weighted by Crippen LogP contribution is 2.23. The number of hydrogen-bond donors (Lipinski definition) is 0. The fraction of sp³-hybridized carbons (Fsp3) is 0.308. The van der Waals surface area contributed by atoms with E-state index in [-0.39, 0.29) is 12.1 Å². The summed E-state index contributed by atoms with van der Waals surface area (Å²) in [7, 11) is 1.40. The quantitative estimate of drug-likeness (QED) is 0.359. The molecule has 0 atom stereocenters. The van der Waals surface area contributed by atoms with Crippen LogP contribution in [-0.4, -0.2) is 24.6 Å². The number of benzene rings is 1. The fourth-order valence-electron chi connectivity index (χ4n) is 1.32. The lowest BCUT2D eigenvalue weighted by Gasteiger charge is -2.02. The van der Waals surface area contributed by atoms with Gasteiger partial charge in [-0.1, -0.05) is 11.8 Å². The van der Waals surface area contributed by atoms with Crippen LogP contribution < -0.4 is 4.74 Å². The molecule has 6 heteroatoms. The molecule has 0 aliphatic carbocycles. The number of carbonyl (C=O) groups excluding carboxylic acids is 1. The number of ether oxygens (including phenoxy) is 2. The van der Waals surface area contributed by atoms with Gasteiger partial charge in [0.05, 0.1) is 30.3 Å². The van der Waals surface area contributed by atoms with Crippen LogP contribution in [0.15, 0.2) is 18.2 Å². The topological polar surface area (TPSA) is 78.7 Å². The first-order valence-electron chi connectivity index (χ1n) is 5.55. The predicted octanol–water partition coefficient (Wildman–Crippen LogP) is 1.91. The molecule has 0 N–H and O–H groups in total. The normalized spacial score (nSPS) is 9.16. The van der Waals surface area contributed by atoms with Gasteiger partial charge in [0.2, 0.25) is 0 Å². The summed E-state index contributed by atoms with van der Waals surface area (Å²) in [6, 6.07) is 4.10. The summed E-state index contributed by atoms with van der Waals surface area (Å²) in [6.07, 6.45) is -0.0337. The van der Waals surface area contributed by atoms with Crippen molar-refractivity contribution >= 4 is 11.7 Å². The maximum Gasteiger partial charge on any atom is 0.317 e. The van der Waals surface area contributed by atoms with Gasteiger partial charge in [-0.15, -0.1) is 0 Å². The zero-order valence-corrected chi connectivity index (χ0v) is 10.6. The molecule has 19 heavy (non-hydrogen) atoms. The third-order valence-electron chi connectivity index (χ3n) is 2.16. The zero-order valence-electron chi connectivity index (χ0n) is 10.6. The fourth-order valence-corrected chi connectivity index (χ4v) is 1.32. The van der Waals surface area contributed by atoms with Crippen molar-refractivity contribution in [2.75, 3.05) is 13.7 Å². The molecule has 1 rings (SSSR count). The third-order valence-corrected chi connectivity index (χ3v) is 2.16. The highest BCUT2D eigenvalue weighted by molar-refractivity contribution is 5.72. The van der Waals surface area contributed by atoms with Gasteiger partial charge in [0.25, 0.3) is 5.69 Å². The van der Waals surface area contributed by atoms with E-state index < -0.39 is 10.9 Å². The van der Waals surface area contributed by atoms with E-state index in [9.17, 15) is 14.9 Å². The van der Waals surface area contributed by atoms with Crippen molar-refractivity contribution in [1.29, 1.82) is 0 Å². The van der Waals surface area contributed by atoms with Crippen LogP contribution >= 0.6 is 0 Å². The predicted molar refractivity (Wildman–Crippen MR) is 67.8 cm³/mol. The minimum absolute atomic E-state index is 0.0337. The van der Waals surface area contributed by atoms with E-state index in [2.05, 4.69) is 11.8 Å². The standard InChI is InChI=1S/C13H13NO5/c1-3-19-13(15)6-4-5-10-7-8-11(14(16)17)9-12(10)18-2/h7-9H,3,6H2,1-2H3. The Morgan fingerprint density at radius 2 is 2.21 bits per heavy atom. The van der Waals surface area contributed by atoms with E-state index in [1.807, 2.05) is 0 Å². The van der Waals surface area contributed by atoms with E-state index in [0.717, 1.165) is 0 Å². The molecule has 0 spiro atoms. The Bertz CT molecular complexity index is 542. The molecular weight excluding hydrogens is 250 g/mol. The molecule has 1 aromatic rings. The smallest absolute Gasteiger partial charge is 0.317 e. The summed E-state index contributed by atoms with van der Waals surface area (Å²) in [5.41, 5.74) is 0.408. The molecular formula is C13H13NO5. The number of esters is 1. The first-order chi connectivity index (χ1) is 9.08. The number of nitrogens with zero attached hydrogens (tertiary/aromatic N) is 1. The van der Waals surface area contributed by atoms with Crippen LogP contribution in [0.4, 0.5) is 5.69 Å². The minimum Gasteiger partial charge on any atom is -0.495 e. The summed E-state index contributed by atoms with van der Waals surface area (Å²) in [5, 5.41) is 10.6. The summed E-state index contributed by atoms with van der Waals surface area (Å²) < 4.78 is 9.74. The molecule has 1 aromatic carbocycles.